The Balaban J connectivity index is 1.70. The number of rotatable bonds is 5. The summed E-state index contributed by atoms with van der Waals surface area (Å²) in [5, 5.41) is 3.26. The normalized spacial score (nSPS) is 20.3. The number of carbonyl (C=O) groups excluding carboxylic acids is 1. The van der Waals surface area contributed by atoms with Gasteiger partial charge >= 0.3 is 0 Å². The van der Waals surface area contributed by atoms with Crippen LogP contribution in [0.1, 0.15) is 25.3 Å². The van der Waals surface area contributed by atoms with Crippen LogP contribution in [0.4, 0.5) is 0 Å². The second-order valence-corrected chi connectivity index (χ2v) is 6.95. The summed E-state index contributed by atoms with van der Waals surface area (Å²) in [6.07, 6.45) is 2.32. The molecule has 20 heavy (non-hydrogen) atoms. The van der Waals surface area contributed by atoms with Gasteiger partial charge in [0.25, 0.3) is 0 Å². The molecule has 108 valence electrons. The van der Waals surface area contributed by atoms with E-state index in [4.69, 9.17) is 0 Å². The average molecular weight is 337 g/mol. The van der Waals surface area contributed by atoms with E-state index < -0.39 is 0 Å². The third kappa shape index (κ3) is 3.07. The van der Waals surface area contributed by atoms with Crippen molar-refractivity contribution in [1.82, 2.24) is 10.2 Å². The minimum atomic E-state index is 0.143. The van der Waals surface area contributed by atoms with Crippen LogP contribution in [0, 0.1) is 11.8 Å². The minimum absolute atomic E-state index is 0.143. The standard InChI is InChI=1S/C16H21BrN2O/c1-11(13-8-18-9-13)16(20)19(15-5-6-15)10-12-3-2-4-14(17)7-12/h2-4,7,11,13,15,18H,5-6,8-10H2,1H3. The molecule has 1 unspecified atom stereocenters. The molecule has 1 aromatic carbocycles. The quantitative estimate of drug-likeness (QED) is 0.896. The van der Waals surface area contributed by atoms with Crippen LogP contribution in [-0.2, 0) is 11.3 Å². The van der Waals surface area contributed by atoms with Gasteiger partial charge in [0.2, 0.25) is 5.91 Å². The van der Waals surface area contributed by atoms with E-state index in [1.54, 1.807) is 0 Å². The molecule has 0 aromatic heterocycles. The molecule has 1 saturated carbocycles. The highest BCUT2D eigenvalue weighted by Crippen LogP contribution is 2.31. The predicted molar refractivity (Wildman–Crippen MR) is 83.2 cm³/mol. The molecule has 1 aliphatic heterocycles. The molecule has 1 aromatic rings. The van der Waals surface area contributed by atoms with Gasteiger partial charge in [-0.3, -0.25) is 4.79 Å². The van der Waals surface area contributed by atoms with Crippen molar-refractivity contribution in [2.24, 2.45) is 11.8 Å². The molecule has 2 aliphatic rings. The van der Waals surface area contributed by atoms with Gasteiger partial charge in [-0.2, -0.15) is 0 Å². The number of carbonyl (C=O) groups is 1. The average Bonchev–Trinajstić information content (AvgIpc) is 3.17. The van der Waals surface area contributed by atoms with Gasteiger partial charge in [0.1, 0.15) is 0 Å². The largest absolute Gasteiger partial charge is 0.335 e. The van der Waals surface area contributed by atoms with Gasteiger partial charge in [-0.1, -0.05) is 35.0 Å². The number of benzene rings is 1. The molecule has 0 radical (unpaired) electrons. The van der Waals surface area contributed by atoms with Crippen LogP contribution in [0.2, 0.25) is 0 Å². The van der Waals surface area contributed by atoms with Crippen LogP contribution in [0.5, 0.6) is 0 Å². The van der Waals surface area contributed by atoms with Crippen LogP contribution in [0.3, 0.4) is 0 Å². The first-order chi connectivity index (χ1) is 9.65. The van der Waals surface area contributed by atoms with Crippen LogP contribution in [-0.4, -0.2) is 29.9 Å². The van der Waals surface area contributed by atoms with E-state index in [1.165, 1.54) is 5.56 Å². The van der Waals surface area contributed by atoms with Crippen molar-refractivity contribution in [2.75, 3.05) is 13.1 Å². The summed E-state index contributed by atoms with van der Waals surface area (Å²) in [6, 6.07) is 8.74. The second-order valence-electron chi connectivity index (χ2n) is 6.03. The van der Waals surface area contributed by atoms with Gasteiger partial charge in [-0.15, -0.1) is 0 Å². The van der Waals surface area contributed by atoms with E-state index >= 15 is 0 Å². The Morgan fingerprint density at radius 3 is 2.75 bits per heavy atom. The fraction of sp³-hybridized carbons (Fsp3) is 0.562. The van der Waals surface area contributed by atoms with Gasteiger partial charge in [0, 0.05) is 23.0 Å². The van der Waals surface area contributed by atoms with Crippen LogP contribution in [0.25, 0.3) is 0 Å². The molecule has 1 saturated heterocycles. The lowest BCUT2D eigenvalue weighted by Gasteiger charge is -2.35. The van der Waals surface area contributed by atoms with E-state index in [9.17, 15) is 4.79 Å². The Hall–Kier alpha value is -0.870. The van der Waals surface area contributed by atoms with E-state index in [-0.39, 0.29) is 5.92 Å². The monoisotopic (exact) mass is 336 g/mol. The van der Waals surface area contributed by atoms with Crippen molar-refractivity contribution in [2.45, 2.75) is 32.4 Å². The van der Waals surface area contributed by atoms with Crippen LogP contribution in [0.15, 0.2) is 28.7 Å². The summed E-state index contributed by atoms with van der Waals surface area (Å²) in [5.74, 6) is 0.995. The highest BCUT2D eigenvalue weighted by molar-refractivity contribution is 9.10. The first-order valence-electron chi connectivity index (χ1n) is 7.41. The lowest BCUT2D eigenvalue weighted by atomic mass is 9.88. The van der Waals surface area contributed by atoms with Crippen molar-refractivity contribution in [3.63, 3.8) is 0 Å². The first kappa shape index (κ1) is 14.1. The SMILES string of the molecule is CC(C(=O)N(Cc1cccc(Br)c1)C1CC1)C1CNC1. The Kier molecular flexibility index (Phi) is 4.13. The number of halogens is 1. The van der Waals surface area contributed by atoms with Crippen molar-refractivity contribution in [3.05, 3.63) is 34.3 Å². The molecule has 2 fully saturated rings. The zero-order chi connectivity index (χ0) is 14.1. The highest BCUT2D eigenvalue weighted by atomic mass is 79.9. The fourth-order valence-corrected chi connectivity index (χ4v) is 3.18. The third-order valence-corrected chi connectivity index (χ3v) is 4.92. The Labute approximate surface area is 128 Å². The van der Waals surface area contributed by atoms with Crippen LogP contribution >= 0.6 is 15.9 Å². The van der Waals surface area contributed by atoms with Crippen LogP contribution < -0.4 is 5.32 Å². The maximum absolute atomic E-state index is 12.7. The predicted octanol–water partition coefficient (Wildman–Crippen LogP) is 2.80. The van der Waals surface area contributed by atoms with Gasteiger partial charge in [0.05, 0.1) is 0 Å². The van der Waals surface area contributed by atoms with Gasteiger partial charge in [-0.05, 0) is 49.5 Å². The fourth-order valence-electron chi connectivity index (χ4n) is 2.73. The minimum Gasteiger partial charge on any atom is -0.335 e. The molecule has 1 atom stereocenters. The Morgan fingerprint density at radius 1 is 1.45 bits per heavy atom. The maximum Gasteiger partial charge on any atom is 0.226 e. The molecule has 1 aliphatic carbocycles. The zero-order valence-electron chi connectivity index (χ0n) is 11.8. The molecule has 0 spiro atoms. The van der Waals surface area contributed by atoms with Crippen molar-refractivity contribution in [3.8, 4) is 0 Å². The number of hydrogen-bond acceptors (Lipinski definition) is 2. The maximum atomic E-state index is 12.7. The molecule has 3 nitrogen and oxygen atoms in total. The molecule has 1 N–H and O–H groups in total. The molecular formula is C16H21BrN2O. The van der Waals surface area contributed by atoms with Crippen molar-refractivity contribution in [1.29, 1.82) is 0 Å². The number of amides is 1. The Morgan fingerprint density at radius 2 is 2.20 bits per heavy atom. The molecule has 1 heterocycles. The number of nitrogens with zero attached hydrogens (tertiary/aromatic N) is 1. The highest BCUT2D eigenvalue weighted by Gasteiger charge is 2.38. The summed E-state index contributed by atoms with van der Waals surface area (Å²) in [5.41, 5.74) is 1.21. The van der Waals surface area contributed by atoms with E-state index in [0.29, 0.717) is 17.9 Å². The van der Waals surface area contributed by atoms with Gasteiger partial charge in [0.15, 0.2) is 0 Å². The molecule has 1 amide bonds. The van der Waals surface area contributed by atoms with Crippen molar-refractivity contribution >= 4 is 21.8 Å². The second kappa shape index (κ2) is 5.86. The molecule has 4 heteroatoms. The first-order valence-corrected chi connectivity index (χ1v) is 8.20. The summed E-state index contributed by atoms with van der Waals surface area (Å²) in [6.45, 7) is 4.81. The number of hydrogen-bond donors (Lipinski definition) is 1. The van der Waals surface area contributed by atoms with Crippen molar-refractivity contribution < 1.29 is 4.79 Å². The number of nitrogens with one attached hydrogen (secondary N) is 1. The summed E-state index contributed by atoms with van der Waals surface area (Å²) in [4.78, 5) is 14.8. The summed E-state index contributed by atoms with van der Waals surface area (Å²) in [7, 11) is 0. The summed E-state index contributed by atoms with van der Waals surface area (Å²) < 4.78 is 1.08. The lowest BCUT2D eigenvalue weighted by Crippen LogP contribution is -2.50. The molecule has 0 bridgehead atoms. The van der Waals surface area contributed by atoms with Gasteiger partial charge in [-0.25, -0.2) is 0 Å². The lowest BCUT2D eigenvalue weighted by molar-refractivity contribution is -0.138. The topological polar surface area (TPSA) is 32.3 Å². The van der Waals surface area contributed by atoms with Gasteiger partial charge < -0.3 is 10.2 Å². The molecule has 3 rings (SSSR count). The smallest absolute Gasteiger partial charge is 0.226 e. The van der Waals surface area contributed by atoms with E-state index in [1.807, 2.05) is 12.1 Å². The molecular weight excluding hydrogens is 316 g/mol. The van der Waals surface area contributed by atoms with E-state index in [2.05, 4.69) is 45.2 Å². The Bertz CT molecular complexity index is 497. The third-order valence-electron chi connectivity index (χ3n) is 4.42. The van der Waals surface area contributed by atoms with E-state index in [0.717, 1.165) is 36.9 Å². The summed E-state index contributed by atoms with van der Waals surface area (Å²) >= 11 is 3.50. The zero-order valence-corrected chi connectivity index (χ0v) is 13.4.